The molecule has 4 aromatic rings. The number of non-ortho nitro benzene ring substituents is 1. The summed E-state index contributed by atoms with van der Waals surface area (Å²) in [6, 6.07) is 11.6. The fourth-order valence-corrected chi connectivity index (χ4v) is 6.70. The third-order valence-corrected chi connectivity index (χ3v) is 8.24. The van der Waals surface area contributed by atoms with Crippen LogP contribution in [-0.2, 0) is 17.6 Å². The molecule has 0 aliphatic heterocycles. The Kier molecular flexibility index (Phi) is 6.63. The Hall–Kier alpha value is -3.50. The van der Waals surface area contributed by atoms with E-state index in [0.29, 0.717) is 16.2 Å². The summed E-state index contributed by atoms with van der Waals surface area (Å²) < 4.78 is 1.63. The number of nitro groups is 1. The van der Waals surface area contributed by atoms with E-state index in [9.17, 15) is 19.7 Å². The van der Waals surface area contributed by atoms with E-state index in [1.807, 2.05) is 26.0 Å². The van der Waals surface area contributed by atoms with Crippen LogP contribution in [0, 0.1) is 24.0 Å². The van der Waals surface area contributed by atoms with Crippen molar-refractivity contribution in [1.29, 1.82) is 0 Å². The van der Waals surface area contributed by atoms with Crippen molar-refractivity contribution in [3.8, 4) is 5.69 Å². The molecule has 1 amide bonds. The van der Waals surface area contributed by atoms with Gasteiger partial charge in [0, 0.05) is 22.7 Å². The highest BCUT2D eigenvalue weighted by Gasteiger charge is 2.23. The van der Waals surface area contributed by atoms with Gasteiger partial charge in [-0.3, -0.25) is 24.3 Å². The number of amides is 1. The number of benzene rings is 2. The monoisotopic (exact) mass is 520 g/mol. The molecular formula is C26H24N4O4S2. The van der Waals surface area contributed by atoms with Crippen molar-refractivity contribution in [3.63, 3.8) is 0 Å². The second-order valence-electron chi connectivity index (χ2n) is 8.91. The molecule has 0 saturated carbocycles. The number of hydrogen-bond donors (Lipinski definition) is 1. The van der Waals surface area contributed by atoms with Crippen LogP contribution in [0.4, 0.5) is 11.4 Å². The number of nitrogens with zero attached hydrogens (tertiary/aromatic N) is 3. The van der Waals surface area contributed by atoms with E-state index in [2.05, 4.69) is 11.4 Å². The van der Waals surface area contributed by atoms with Gasteiger partial charge in [-0.25, -0.2) is 4.98 Å². The highest BCUT2D eigenvalue weighted by molar-refractivity contribution is 7.99. The number of carbonyl (C=O) groups is 1. The molecule has 0 saturated heterocycles. The summed E-state index contributed by atoms with van der Waals surface area (Å²) in [7, 11) is 0. The van der Waals surface area contributed by atoms with E-state index in [0.717, 1.165) is 52.9 Å². The second-order valence-corrected chi connectivity index (χ2v) is 10.9. The van der Waals surface area contributed by atoms with Crippen LogP contribution in [-0.4, -0.2) is 26.1 Å². The zero-order valence-corrected chi connectivity index (χ0v) is 21.5. The van der Waals surface area contributed by atoms with E-state index in [1.165, 1.54) is 40.9 Å². The molecule has 1 aliphatic carbocycles. The molecule has 0 bridgehead atoms. The van der Waals surface area contributed by atoms with Gasteiger partial charge in [0.2, 0.25) is 5.91 Å². The molecule has 0 fully saturated rings. The number of aromatic nitrogens is 2. The Morgan fingerprint density at radius 1 is 1.14 bits per heavy atom. The highest BCUT2D eigenvalue weighted by Crippen LogP contribution is 2.35. The van der Waals surface area contributed by atoms with Crippen molar-refractivity contribution in [2.24, 2.45) is 0 Å². The number of thioether (sulfide) groups is 1. The molecule has 2 aromatic carbocycles. The van der Waals surface area contributed by atoms with Gasteiger partial charge in [0.15, 0.2) is 5.16 Å². The van der Waals surface area contributed by atoms with Gasteiger partial charge in [-0.2, -0.15) is 0 Å². The van der Waals surface area contributed by atoms with E-state index in [4.69, 9.17) is 4.98 Å². The lowest BCUT2D eigenvalue weighted by Crippen LogP contribution is -2.23. The first-order valence-corrected chi connectivity index (χ1v) is 13.4. The minimum Gasteiger partial charge on any atom is -0.325 e. The van der Waals surface area contributed by atoms with Gasteiger partial charge >= 0.3 is 0 Å². The van der Waals surface area contributed by atoms with Gasteiger partial charge in [0.25, 0.3) is 11.2 Å². The highest BCUT2D eigenvalue weighted by atomic mass is 32.2. The van der Waals surface area contributed by atoms with Crippen molar-refractivity contribution in [1.82, 2.24) is 9.55 Å². The van der Waals surface area contributed by atoms with Gasteiger partial charge in [0.05, 0.1) is 21.7 Å². The summed E-state index contributed by atoms with van der Waals surface area (Å²) in [5.41, 5.74) is 4.27. The molecule has 0 radical (unpaired) electrons. The van der Waals surface area contributed by atoms with E-state index in [-0.39, 0.29) is 22.9 Å². The molecule has 0 unspecified atom stereocenters. The van der Waals surface area contributed by atoms with Crippen LogP contribution >= 0.6 is 23.1 Å². The van der Waals surface area contributed by atoms with Crippen molar-refractivity contribution in [2.75, 3.05) is 11.1 Å². The average molecular weight is 521 g/mol. The number of fused-ring (bicyclic) bond motifs is 3. The number of rotatable bonds is 6. The molecule has 1 N–H and O–H groups in total. The molecule has 10 heteroatoms. The SMILES string of the molecule is Cc1cc(C)cc(-n2c(SCC(=O)Nc3ccc([N+](=O)[O-])cc3)nc3sc4c(c3c2=O)CCCC4)c1. The van der Waals surface area contributed by atoms with Crippen LogP contribution in [0.1, 0.15) is 34.4 Å². The summed E-state index contributed by atoms with van der Waals surface area (Å²) in [6.45, 7) is 3.98. The van der Waals surface area contributed by atoms with Gasteiger partial charge in [-0.05, 0) is 80.5 Å². The third-order valence-electron chi connectivity index (χ3n) is 6.12. The summed E-state index contributed by atoms with van der Waals surface area (Å²) in [4.78, 5) is 43.8. The summed E-state index contributed by atoms with van der Waals surface area (Å²) in [5.74, 6) is -0.259. The van der Waals surface area contributed by atoms with Crippen LogP contribution < -0.4 is 10.9 Å². The molecule has 0 atom stereocenters. The van der Waals surface area contributed by atoms with Crippen molar-refractivity contribution >= 4 is 50.6 Å². The summed E-state index contributed by atoms with van der Waals surface area (Å²) in [5, 5.41) is 14.8. The third kappa shape index (κ3) is 4.78. The van der Waals surface area contributed by atoms with Crippen LogP contribution in [0.25, 0.3) is 15.9 Å². The molecule has 184 valence electrons. The fraction of sp³-hybridized carbons (Fsp3) is 0.269. The van der Waals surface area contributed by atoms with Crippen molar-refractivity contribution in [3.05, 3.63) is 84.5 Å². The second kappa shape index (κ2) is 9.87. The quantitative estimate of drug-likeness (QED) is 0.154. The Balaban J connectivity index is 1.50. The van der Waals surface area contributed by atoms with E-state index in [1.54, 1.807) is 15.9 Å². The van der Waals surface area contributed by atoms with Gasteiger partial charge < -0.3 is 5.32 Å². The van der Waals surface area contributed by atoms with Gasteiger partial charge in [0.1, 0.15) is 4.83 Å². The fourth-order valence-electron chi connectivity index (χ4n) is 4.58. The number of anilines is 1. The van der Waals surface area contributed by atoms with Crippen molar-refractivity contribution in [2.45, 2.75) is 44.7 Å². The first kappa shape index (κ1) is 24.2. The molecule has 2 heterocycles. The summed E-state index contributed by atoms with van der Waals surface area (Å²) >= 11 is 2.79. The maximum absolute atomic E-state index is 13.9. The zero-order chi connectivity index (χ0) is 25.4. The van der Waals surface area contributed by atoms with E-state index < -0.39 is 4.92 Å². The van der Waals surface area contributed by atoms with Crippen LogP contribution in [0.5, 0.6) is 0 Å². The number of nitro benzene ring substituents is 1. The Bertz CT molecular complexity index is 1540. The molecule has 2 aromatic heterocycles. The predicted molar refractivity (Wildman–Crippen MR) is 144 cm³/mol. The smallest absolute Gasteiger partial charge is 0.269 e. The average Bonchev–Trinajstić information content (AvgIpc) is 3.21. The Morgan fingerprint density at radius 2 is 1.83 bits per heavy atom. The number of aryl methyl sites for hydroxylation is 4. The number of hydrogen-bond acceptors (Lipinski definition) is 7. The lowest BCUT2D eigenvalue weighted by atomic mass is 9.97. The lowest BCUT2D eigenvalue weighted by molar-refractivity contribution is -0.384. The topological polar surface area (TPSA) is 107 Å². The molecule has 5 rings (SSSR count). The molecule has 1 aliphatic rings. The molecule has 0 spiro atoms. The predicted octanol–water partition coefficient (Wildman–Crippen LogP) is 5.58. The van der Waals surface area contributed by atoms with Crippen molar-refractivity contribution < 1.29 is 9.72 Å². The largest absolute Gasteiger partial charge is 0.325 e. The minimum absolute atomic E-state index is 0.0326. The standard InChI is InChI=1S/C26H24N4O4S2/c1-15-11-16(2)13-19(12-15)29-25(32)23-20-5-3-4-6-21(20)36-24(23)28-26(29)35-14-22(31)27-17-7-9-18(10-8-17)30(33)34/h7-13H,3-6,14H2,1-2H3,(H,27,31). The molecule has 8 nitrogen and oxygen atoms in total. The van der Waals surface area contributed by atoms with Gasteiger partial charge in [-0.15, -0.1) is 11.3 Å². The molecular weight excluding hydrogens is 496 g/mol. The maximum atomic E-state index is 13.9. The first-order valence-electron chi connectivity index (χ1n) is 11.6. The Labute approximate surface area is 215 Å². The Morgan fingerprint density at radius 3 is 2.53 bits per heavy atom. The summed E-state index contributed by atoms with van der Waals surface area (Å²) in [6.07, 6.45) is 4.05. The number of carbonyl (C=O) groups excluding carboxylic acids is 1. The first-order chi connectivity index (χ1) is 17.3. The van der Waals surface area contributed by atoms with Crippen LogP contribution in [0.2, 0.25) is 0 Å². The van der Waals surface area contributed by atoms with Crippen LogP contribution in [0.15, 0.2) is 52.4 Å². The molecule has 36 heavy (non-hydrogen) atoms. The van der Waals surface area contributed by atoms with E-state index >= 15 is 0 Å². The number of nitrogens with one attached hydrogen (secondary N) is 1. The minimum atomic E-state index is -0.488. The maximum Gasteiger partial charge on any atom is 0.269 e. The number of thiophene rings is 1. The lowest BCUT2D eigenvalue weighted by Gasteiger charge is -2.15. The van der Waals surface area contributed by atoms with Gasteiger partial charge in [-0.1, -0.05) is 17.8 Å². The normalized spacial score (nSPS) is 12.9. The van der Waals surface area contributed by atoms with Crippen LogP contribution in [0.3, 0.4) is 0 Å². The zero-order valence-electron chi connectivity index (χ0n) is 19.9.